The Kier molecular flexibility index (Phi) is 4.67. The van der Waals surface area contributed by atoms with E-state index in [2.05, 4.69) is 12.2 Å². The number of rotatable bonds is 3. The highest BCUT2D eigenvalue weighted by Crippen LogP contribution is 2.16. The Labute approximate surface area is 116 Å². The van der Waals surface area contributed by atoms with Crippen molar-refractivity contribution in [1.82, 2.24) is 4.90 Å². The molecule has 110 valence electrons. The molecular weight excluding hydrogens is 264 g/mol. The van der Waals surface area contributed by atoms with Crippen molar-refractivity contribution in [2.45, 2.75) is 19.4 Å². The smallest absolute Gasteiger partial charge is 0.238 e. The number of nitrogens with one attached hydrogen (secondary N) is 1. The second-order valence-electron chi connectivity index (χ2n) is 5.34. The molecular formula is C14H19F2N3O. The molecule has 1 aromatic rings. The van der Waals surface area contributed by atoms with Crippen molar-refractivity contribution in [2.75, 3.05) is 25.0 Å². The van der Waals surface area contributed by atoms with E-state index in [1.165, 1.54) is 6.07 Å². The zero-order valence-corrected chi connectivity index (χ0v) is 11.4. The van der Waals surface area contributed by atoms with E-state index in [-0.39, 0.29) is 24.2 Å². The lowest BCUT2D eigenvalue weighted by Crippen LogP contribution is -2.48. The Hall–Kier alpha value is -1.53. The van der Waals surface area contributed by atoms with Crippen LogP contribution in [-0.4, -0.2) is 36.5 Å². The minimum absolute atomic E-state index is 0.181. The standard InChI is InChI=1S/C14H19F2N3O/c1-9-7-19(5-4-13(9)17)8-14(20)18-10-2-3-11(15)12(16)6-10/h2-3,6,9,13H,4-5,7-8,17H2,1H3,(H,18,20). The SMILES string of the molecule is CC1CN(CC(=O)Nc2ccc(F)c(F)c2)CCC1N. The predicted octanol–water partition coefficient (Wildman–Crippen LogP) is 1.57. The van der Waals surface area contributed by atoms with Crippen LogP contribution in [0.3, 0.4) is 0 Å². The molecule has 2 unspecified atom stereocenters. The highest BCUT2D eigenvalue weighted by atomic mass is 19.2. The minimum atomic E-state index is -0.972. The molecule has 1 aliphatic rings. The van der Waals surface area contributed by atoms with Crippen LogP contribution in [0.15, 0.2) is 18.2 Å². The van der Waals surface area contributed by atoms with E-state index in [1.807, 2.05) is 4.90 Å². The minimum Gasteiger partial charge on any atom is -0.327 e. The summed E-state index contributed by atoms with van der Waals surface area (Å²) >= 11 is 0. The normalized spacial score (nSPS) is 23.6. The maximum absolute atomic E-state index is 13.0. The van der Waals surface area contributed by atoms with Crippen LogP contribution in [0.1, 0.15) is 13.3 Å². The molecule has 0 aromatic heterocycles. The summed E-state index contributed by atoms with van der Waals surface area (Å²) in [4.78, 5) is 13.9. The van der Waals surface area contributed by atoms with Crippen LogP contribution >= 0.6 is 0 Å². The first kappa shape index (κ1) is 14.9. The van der Waals surface area contributed by atoms with E-state index in [0.717, 1.165) is 31.6 Å². The molecule has 1 fully saturated rings. The van der Waals surface area contributed by atoms with Crippen LogP contribution in [0, 0.1) is 17.6 Å². The Balaban J connectivity index is 1.87. The number of nitrogens with two attached hydrogens (primary N) is 1. The Bertz CT molecular complexity index is 495. The number of amides is 1. The van der Waals surface area contributed by atoms with Gasteiger partial charge in [0, 0.05) is 30.9 Å². The number of hydrogen-bond donors (Lipinski definition) is 2. The Morgan fingerprint density at radius 3 is 2.85 bits per heavy atom. The summed E-state index contributed by atoms with van der Waals surface area (Å²) < 4.78 is 25.8. The summed E-state index contributed by atoms with van der Waals surface area (Å²) in [6.45, 7) is 3.84. The van der Waals surface area contributed by atoms with Gasteiger partial charge in [-0.15, -0.1) is 0 Å². The fourth-order valence-electron chi connectivity index (χ4n) is 2.37. The number of halogens is 2. The average molecular weight is 283 g/mol. The first-order chi connectivity index (χ1) is 9.45. The maximum atomic E-state index is 13.0. The number of likely N-dealkylation sites (tertiary alicyclic amines) is 1. The van der Waals surface area contributed by atoms with E-state index in [1.54, 1.807) is 0 Å². The van der Waals surface area contributed by atoms with Gasteiger partial charge in [0.05, 0.1) is 6.54 Å². The number of carbonyl (C=O) groups is 1. The number of anilines is 1. The molecule has 0 radical (unpaired) electrons. The summed E-state index contributed by atoms with van der Waals surface area (Å²) in [6.07, 6.45) is 0.861. The van der Waals surface area contributed by atoms with Crippen molar-refractivity contribution >= 4 is 11.6 Å². The van der Waals surface area contributed by atoms with Gasteiger partial charge in [-0.05, 0) is 24.5 Å². The third kappa shape index (κ3) is 3.74. The summed E-state index contributed by atoms with van der Waals surface area (Å²) in [7, 11) is 0. The van der Waals surface area contributed by atoms with Crippen LogP contribution in [0.4, 0.5) is 14.5 Å². The van der Waals surface area contributed by atoms with Gasteiger partial charge in [0.1, 0.15) is 0 Å². The topological polar surface area (TPSA) is 58.4 Å². The summed E-state index contributed by atoms with van der Waals surface area (Å²) in [5.41, 5.74) is 6.18. The lowest BCUT2D eigenvalue weighted by Gasteiger charge is -2.34. The van der Waals surface area contributed by atoms with E-state index < -0.39 is 11.6 Å². The van der Waals surface area contributed by atoms with Gasteiger partial charge in [-0.1, -0.05) is 6.92 Å². The number of hydrogen-bond acceptors (Lipinski definition) is 3. The molecule has 6 heteroatoms. The fourth-order valence-corrected chi connectivity index (χ4v) is 2.37. The van der Waals surface area contributed by atoms with E-state index >= 15 is 0 Å². The Morgan fingerprint density at radius 1 is 1.45 bits per heavy atom. The molecule has 0 saturated carbocycles. The van der Waals surface area contributed by atoms with Gasteiger partial charge < -0.3 is 11.1 Å². The monoisotopic (exact) mass is 283 g/mol. The van der Waals surface area contributed by atoms with Crippen molar-refractivity contribution in [1.29, 1.82) is 0 Å². The van der Waals surface area contributed by atoms with Crippen molar-refractivity contribution in [3.63, 3.8) is 0 Å². The van der Waals surface area contributed by atoms with Gasteiger partial charge in [-0.25, -0.2) is 8.78 Å². The molecule has 1 amide bonds. The van der Waals surface area contributed by atoms with Gasteiger partial charge in [0.25, 0.3) is 0 Å². The molecule has 2 atom stereocenters. The zero-order chi connectivity index (χ0) is 14.7. The second kappa shape index (κ2) is 6.28. The molecule has 1 aliphatic heterocycles. The summed E-state index contributed by atoms with van der Waals surface area (Å²) in [6, 6.07) is 3.49. The van der Waals surface area contributed by atoms with Gasteiger partial charge in [0.2, 0.25) is 5.91 Å². The van der Waals surface area contributed by atoms with Crippen LogP contribution in [0.2, 0.25) is 0 Å². The van der Waals surface area contributed by atoms with E-state index in [4.69, 9.17) is 5.73 Å². The number of carbonyl (C=O) groups excluding carboxylic acids is 1. The van der Waals surface area contributed by atoms with Gasteiger partial charge >= 0.3 is 0 Å². The van der Waals surface area contributed by atoms with Crippen LogP contribution in [-0.2, 0) is 4.79 Å². The number of benzene rings is 1. The Morgan fingerprint density at radius 2 is 2.20 bits per heavy atom. The molecule has 0 bridgehead atoms. The molecule has 1 saturated heterocycles. The van der Waals surface area contributed by atoms with Crippen LogP contribution < -0.4 is 11.1 Å². The molecule has 3 N–H and O–H groups in total. The van der Waals surface area contributed by atoms with Crippen LogP contribution in [0.25, 0.3) is 0 Å². The van der Waals surface area contributed by atoms with Crippen molar-refractivity contribution in [2.24, 2.45) is 11.7 Å². The van der Waals surface area contributed by atoms with Gasteiger partial charge in [-0.3, -0.25) is 9.69 Å². The van der Waals surface area contributed by atoms with Crippen LogP contribution in [0.5, 0.6) is 0 Å². The quantitative estimate of drug-likeness (QED) is 0.885. The largest absolute Gasteiger partial charge is 0.327 e. The molecule has 4 nitrogen and oxygen atoms in total. The molecule has 0 aliphatic carbocycles. The van der Waals surface area contributed by atoms with Crippen molar-refractivity contribution in [3.05, 3.63) is 29.8 Å². The maximum Gasteiger partial charge on any atom is 0.238 e. The lowest BCUT2D eigenvalue weighted by atomic mass is 9.95. The summed E-state index contributed by atoms with van der Waals surface area (Å²) in [5.74, 6) is -1.79. The third-order valence-electron chi connectivity index (χ3n) is 3.63. The van der Waals surface area contributed by atoms with Crippen molar-refractivity contribution < 1.29 is 13.6 Å². The van der Waals surface area contributed by atoms with E-state index in [9.17, 15) is 13.6 Å². The lowest BCUT2D eigenvalue weighted by molar-refractivity contribution is -0.117. The number of nitrogens with zero attached hydrogens (tertiary/aromatic N) is 1. The summed E-state index contributed by atoms with van der Waals surface area (Å²) in [5, 5.41) is 2.56. The molecule has 0 spiro atoms. The van der Waals surface area contributed by atoms with Gasteiger partial charge in [-0.2, -0.15) is 0 Å². The molecule has 1 heterocycles. The molecule has 20 heavy (non-hydrogen) atoms. The van der Waals surface area contributed by atoms with Gasteiger partial charge in [0.15, 0.2) is 11.6 Å². The first-order valence-electron chi connectivity index (χ1n) is 6.68. The molecule has 1 aromatic carbocycles. The first-order valence-corrected chi connectivity index (χ1v) is 6.68. The second-order valence-corrected chi connectivity index (χ2v) is 5.34. The predicted molar refractivity (Wildman–Crippen MR) is 73.2 cm³/mol. The highest BCUT2D eigenvalue weighted by molar-refractivity contribution is 5.92. The van der Waals surface area contributed by atoms with Crippen molar-refractivity contribution in [3.8, 4) is 0 Å². The fraction of sp³-hybridized carbons (Fsp3) is 0.500. The highest BCUT2D eigenvalue weighted by Gasteiger charge is 2.24. The average Bonchev–Trinajstić information content (AvgIpc) is 2.38. The number of piperidine rings is 1. The zero-order valence-electron chi connectivity index (χ0n) is 11.4. The van der Waals surface area contributed by atoms with E-state index in [0.29, 0.717) is 5.92 Å². The molecule has 2 rings (SSSR count). The third-order valence-corrected chi connectivity index (χ3v) is 3.63.